The number of rotatable bonds is 12. The quantitative estimate of drug-likeness (QED) is 0.154. The minimum atomic E-state index is -0.794. The lowest BCUT2D eigenvalue weighted by Gasteiger charge is -2.26. The van der Waals surface area contributed by atoms with Gasteiger partial charge in [-0.1, -0.05) is 93.9 Å². The van der Waals surface area contributed by atoms with E-state index >= 15 is 0 Å². The van der Waals surface area contributed by atoms with E-state index in [4.69, 9.17) is 4.74 Å². The van der Waals surface area contributed by atoms with Crippen LogP contribution in [-0.2, 0) is 0 Å². The SMILES string of the molecule is CCCC(CC)/C(=C\c1ccc(N(c2ccccc2)c2ccc(OC(O)CC)cc2)cc1)c1ccccc1. The lowest BCUT2D eigenvalue weighted by molar-refractivity contribution is -0.0191. The van der Waals surface area contributed by atoms with Crippen molar-refractivity contribution in [3.63, 3.8) is 0 Å². The Bertz CT molecular complexity index is 1270. The first-order valence-corrected chi connectivity index (χ1v) is 13.8. The smallest absolute Gasteiger partial charge is 0.197 e. The van der Waals surface area contributed by atoms with E-state index < -0.39 is 6.29 Å². The summed E-state index contributed by atoms with van der Waals surface area (Å²) in [5.41, 5.74) is 7.10. The number of allylic oxidation sites excluding steroid dienone is 1. The van der Waals surface area contributed by atoms with Crippen molar-refractivity contribution in [2.24, 2.45) is 5.92 Å². The first-order valence-electron chi connectivity index (χ1n) is 13.8. The zero-order valence-electron chi connectivity index (χ0n) is 22.8. The van der Waals surface area contributed by atoms with Crippen LogP contribution in [0.3, 0.4) is 0 Å². The van der Waals surface area contributed by atoms with Crippen LogP contribution in [0.15, 0.2) is 109 Å². The normalized spacial score (nSPS) is 13.1. The topological polar surface area (TPSA) is 32.7 Å². The molecule has 0 spiro atoms. The molecular weight excluding hydrogens is 466 g/mol. The van der Waals surface area contributed by atoms with Crippen LogP contribution >= 0.6 is 0 Å². The molecule has 3 heteroatoms. The highest BCUT2D eigenvalue weighted by molar-refractivity contribution is 5.84. The van der Waals surface area contributed by atoms with Gasteiger partial charge in [-0.15, -0.1) is 0 Å². The highest BCUT2D eigenvalue weighted by Gasteiger charge is 2.15. The summed E-state index contributed by atoms with van der Waals surface area (Å²) < 4.78 is 5.58. The number of hydrogen-bond acceptors (Lipinski definition) is 3. The molecule has 0 aliphatic heterocycles. The van der Waals surface area contributed by atoms with Crippen molar-refractivity contribution in [3.05, 3.63) is 120 Å². The molecule has 1 N–H and O–H groups in total. The molecule has 0 saturated heterocycles. The minimum absolute atomic E-state index is 0.537. The van der Waals surface area contributed by atoms with Gasteiger partial charge in [-0.3, -0.25) is 0 Å². The van der Waals surface area contributed by atoms with Crippen molar-refractivity contribution in [1.29, 1.82) is 0 Å². The van der Waals surface area contributed by atoms with Crippen molar-refractivity contribution in [3.8, 4) is 5.75 Å². The van der Waals surface area contributed by atoms with Gasteiger partial charge in [0.2, 0.25) is 0 Å². The molecule has 4 rings (SSSR count). The molecule has 2 unspecified atom stereocenters. The third kappa shape index (κ3) is 6.93. The van der Waals surface area contributed by atoms with E-state index in [9.17, 15) is 5.11 Å². The van der Waals surface area contributed by atoms with Gasteiger partial charge >= 0.3 is 0 Å². The van der Waals surface area contributed by atoms with Crippen LogP contribution in [0.2, 0.25) is 0 Å². The van der Waals surface area contributed by atoms with Crippen molar-refractivity contribution in [1.82, 2.24) is 0 Å². The minimum Gasteiger partial charge on any atom is -0.465 e. The summed E-state index contributed by atoms with van der Waals surface area (Å²) in [6.07, 6.45) is 5.60. The first kappa shape index (κ1) is 27.2. The molecule has 196 valence electrons. The zero-order valence-corrected chi connectivity index (χ0v) is 22.8. The fourth-order valence-corrected chi connectivity index (χ4v) is 4.83. The molecule has 0 aromatic heterocycles. The Kier molecular flexibility index (Phi) is 9.77. The van der Waals surface area contributed by atoms with Gasteiger partial charge in [0, 0.05) is 23.5 Å². The van der Waals surface area contributed by atoms with E-state index in [1.54, 1.807) is 0 Å². The predicted molar refractivity (Wildman–Crippen MR) is 161 cm³/mol. The lowest BCUT2D eigenvalue weighted by Crippen LogP contribution is -2.14. The van der Waals surface area contributed by atoms with Crippen LogP contribution < -0.4 is 9.64 Å². The zero-order chi connectivity index (χ0) is 26.7. The maximum Gasteiger partial charge on any atom is 0.197 e. The second kappa shape index (κ2) is 13.6. The Morgan fingerprint density at radius 1 is 0.711 bits per heavy atom. The van der Waals surface area contributed by atoms with Gasteiger partial charge in [-0.05, 0) is 84.0 Å². The Balaban J connectivity index is 1.68. The van der Waals surface area contributed by atoms with Crippen molar-refractivity contribution < 1.29 is 9.84 Å². The van der Waals surface area contributed by atoms with Crippen molar-refractivity contribution >= 4 is 28.7 Å². The van der Waals surface area contributed by atoms with Crippen LogP contribution in [0.1, 0.15) is 57.6 Å². The fourth-order valence-electron chi connectivity index (χ4n) is 4.83. The van der Waals surface area contributed by atoms with Gasteiger partial charge in [0.15, 0.2) is 6.29 Å². The number of aliphatic hydroxyl groups is 1. The Morgan fingerprint density at radius 2 is 1.26 bits per heavy atom. The van der Waals surface area contributed by atoms with Crippen molar-refractivity contribution in [2.75, 3.05) is 4.90 Å². The molecule has 4 aromatic carbocycles. The Hall–Kier alpha value is -3.82. The number of anilines is 3. The number of aliphatic hydroxyl groups excluding tert-OH is 1. The molecule has 0 aliphatic carbocycles. The molecule has 0 radical (unpaired) electrons. The van der Waals surface area contributed by atoms with Crippen LogP contribution in [0.5, 0.6) is 5.75 Å². The molecule has 0 bridgehead atoms. The van der Waals surface area contributed by atoms with Crippen LogP contribution in [0, 0.1) is 5.92 Å². The Labute approximate surface area is 228 Å². The molecule has 0 aliphatic rings. The van der Waals surface area contributed by atoms with Gasteiger partial charge in [0.05, 0.1) is 0 Å². The van der Waals surface area contributed by atoms with E-state index in [1.807, 2.05) is 37.3 Å². The molecule has 0 saturated carbocycles. The van der Waals surface area contributed by atoms with Crippen LogP contribution in [0.4, 0.5) is 17.1 Å². The van der Waals surface area contributed by atoms with Gasteiger partial charge in [0.1, 0.15) is 5.75 Å². The van der Waals surface area contributed by atoms with E-state index in [1.165, 1.54) is 29.5 Å². The number of hydrogen-bond donors (Lipinski definition) is 1. The first-order chi connectivity index (χ1) is 18.6. The average molecular weight is 506 g/mol. The monoisotopic (exact) mass is 505 g/mol. The van der Waals surface area contributed by atoms with Crippen molar-refractivity contribution in [2.45, 2.75) is 52.7 Å². The average Bonchev–Trinajstić information content (AvgIpc) is 2.97. The maximum atomic E-state index is 9.85. The predicted octanol–water partition coefficient (Wildman–Crippen LogP) is 9.63. The highest BCUT2D eigenvalue weighted by Crippen LogP contribution is 2.36. The maximum absolute atomic E-state index is 9.85. The van der Waals surface area contributed by atoms with E-state index in [0.29, 0.717) is 18.1 Å². The molecule has 4 aromatic rings. The second-order valence-corrected chi connectivity index (χ2v) is 9.60. The molecule has 38 heavy (non-hydrogen) atoms. The summed E-state index contributed by atoms with van der Waals surface area (Å²) in [4.78, 5) is 2.23. The standard InChI is InChI=1S/C35H39NO2/c1-4-13-28(5-2)34(29-14-9-7-10-15-29)26-27-18-20-31(21-19-27)36(30-16-11-8-12-17-30)32-22-24-33(25-23-32)38-35(37)6-3/h7-12,14-26,28,35,37H,4-6,13H2,1-3H3/b34-26+. The largest absolute Gasteiger partial charge is 0.465 e. The molecular formula is C35H39NO2. The summed E-state index contributed by atoms with van der Waals surface area (Å²) in [7, 11) is 0. The van der Waals surface area contributed by atoms with Gasteiger partial charge in [-0.2, -0.15) is 0 Å². The third-order valence-corrected chi connectivity index (χ3v) is 6.88. The lowest BCUT2D eigenvalue weighted by atomic mass is 9.86. The number of ether oxygens (including phenoxy) is 1. The third-order valence-electron chi connectivity index (χ3n) is 6.88. The Morgan fingerprint density at radius 3 is 1.82 bits per heavy atom. The summed E-state index contributed by atoms with van der Waals surface area (Å²) in [6.45, 7) is 6.45. The molecule has 0 fully saturated rings. The van der Waals surface area contributed by atoms with E-state index in [-0.39, 0.29) is 0 Å². The van der Waals surface area contributed by atoms with Gasteiger partial charge in [0.25, 0.3) is 0 Å². The van der Waals surface area contributed by atoms with Gasteiger partial charge in [-0.25, -0.2) is 0 Å². The van der Waals surface area contributed by atoms with Crippen LogP contribution in [-0.4, -0.2) is 11.4 Å². The number of benzene rings is 4. The molecule has 0 amide bonds. The number of para-hydroxylation sites is 1. The highest BCUT2D eigenvalue weighted by atomic mass is 16.6. The van der Waals surface area contributed by atoms with Crippen LogP contribution in [0.25, 0.3) is 11.6 Å². The number of nitrogens with zero attached hydrogens (tertiary/aromatic N) is 1. The second-order valence-electron chi connectivity index (χ2n) is 9.60. The summed E-state index contributed by atoms with van der Waals surface area (Å²) in [6, 6.07) is 37.8. The van der Waals surface area contributed by atoms with Gasteiger partial charge < -0.3 is 14.7 Å². The van der Waals surface area contributed by atoms with E-state index in [2.05, 4.69) is 104 Å². The molecule has 3 nitrogen and oxygen atoms in total. The summed E-state index contributed by atoms with van der Waals surface area (Å²) in [5.74, 6) is 1.19. The molecule has 0 heterocycles. The fraction of sp³-hybridized carbons (Fsp3) is 0.257. The summed E-state index contributed by atoms with van der Waals surface area (Å²) >= 11 is 0. The molecule has 2 atom stereocenters. The summed E-state index contributed by atoms with van der Waals surface area (Å²) in [5, 5.41) is 9.85. The van der Waals surface area contributed by atoms with E-state index in [0.717, 1.165) is 23.5 Å².